The minimum absolute atomic E-state index is 0. The van der Waals surface area contributed by atoms with Crippen LogP contribution in [0, 0.1) is 12.8 Å². The second kappa shape index (κ2) is 9.53. The van der Waals surface area contributed by atoms with Gasteiger partial charge in [-0.2, -0.15) is 0 Å². The predicted molar refractivity (Wildman–Crippen MR) is 83.4 cm³/mol. The maximum atomic E-state index is 11.7. The van der Waals surface area contributed by atoms with E-state index in [4.69, 9.17) is 0 Å². The molecule has 1 aromatic rings. The van der Waals surface area contributed by atoms with Gasteiger partial charge in [-0.1, -0.05) is 0 Å². The third-order valence-corrected chi connectivity index (χ3v) is 4.17. The van der Waals surface area contributed by atoms with Crippen LogP contribution in [-0.2, 0) is 11.3 Å². The molecule has 0 radical (unpaired) electrons. The van der Waals surface area contributed by atoms with Gasteiger partial charge in [0.05, 0.1) is 17.7 Å². The summed E-state index contributed by atoms with van der Waals surface area (Å²) in [7, 11) is 0. The first-order valence-electron chi connectivity index (χ1n) is 6.12. The lowest BCUT2D eigenvalue weighted by Crippen LogP contribution is -2.23. The lowest BCUT2D eigenvalue weighted by Gasteiger charge is -2.08. The molecular weight excluding hydrogens is 305 g/mol. The van der Waals surface area contributed by atoms with Crippen molar-refractivity contribution in [1.29, 1.82) is 0 Å². The molecule has 1 aliphatic heterocycles. The van der Waals surface area contributed by atoms with Gasteiger partial charge in [0.2, 0.25) is 5.91 Å². The quantitative estimate of drug-likeness (QED) is 0.873. The van der Waals surface area contributed by atoms with E-state index in [0.717, 1.165) is 30.1 Å². The summed E-state index contributed by atoms with van der Waals surface area (Å²) in [5.74, 6) is 0.843. The average molecular weight is 326 g/mol. The number of halogens is 2. The molecule has 4 nitrogen and oxygen atoms in total. The van der Waals surface area contributed by atoms with Gasteiger partial charge in [0.1, 0.15) is 0 Å². The average Bonchev–Trinajstić information content (AvgIpc) is 2.95. The van der Waals surface area contributed by atoms with Gasteiger partial charge in [-0.15, -0.1) is 36.2 Å². The number of thiazole rings is 1. The lowest BCUT2D eigenvalue weighted by molar-refractivity contribution is -0.121. The second-order valence-corrected chi connectivity index (χ2v) is 5.47. The lowest BCUT2D eigenvalue weighted by atomic mass is 10.0. The highest BCUT2D eigenvalue weighted by Crippen LogP contribution is 2.15. The van der Waals surface area contributed by atoms with Gasteiger partial charge in [-0.05, 0) is 38.8 Å². The Labute approximate surface area is 130 Å². The van der Waals surface area contributed by atoms with Crippen molar-refractivity contribution in [2.45, 2.75) is 32.7 Å². The molecule has 0 spiro atoms. The molecule has 1 amide bonds. The standard InChI is InChI=1S/C12H19N3OS.2ClH/c1-9-11(17-8-15-9)7-14-12(16)3-2-10-4-5-13-6-10;;/h8,10,13H,2-7H2,1H3,(H,14,16);2*1H. The minimum Gasteiger partial charge on any atom is -0.351 e. The highest BCUT2D eigenvalue weighted by Gasteiger charge is 2.15. The molecule has 7 heteroatoms. The number of hydrogen-bond acceptors (Lipinski definition) is 4. The van der Waals surface area contributed by atoms with Crippen LogP contribution in [0.4, 0.5) is 0 Å². The third-order valence-electron chi connectivity index (χ3n) is 3.23. The molecule has 1 aromatic heterocycles. The van der Waals surface area contributed by atoms with Crippen LogP contribution >= 0.6 is 36.2 Å². The Kier molecular flexibility index (Phi) is 9.35. The van der Waals surface area contributed by atoms with Crippen LogP contribution in [0.1, 0.15) is 29.8 Å². The molecule has 0 aliphatic carbocycles. The van der Waals surface area contributed by atoms with Crippen molar-refractivity contribution in [3.8, 4) is 0 Å². The van der Waals surface area contributed by atoms with Crippen LogP contribution in [0.3, 0.4) is 0 Å². The number of hydrogen-bond donors (Lipinski definition) is 2. The number of nitrogens with one attached hydrogen (secondary N) is 2. The predicted octanol–water partition coefficient (Wildman–Crippen LogP) is 2.30. The van der Waals surface area contributed by atoms with E-state index in [0.29, 0.717) is 18.9 Å². The van der Waals surface area contributed by atoms with E-state index in [1.165, 1.54) is 6.42 Å². The summed E-state index contributed by atoms with van der Waals surface area (Å²) in [6, 6.07) is 0. The Morgan fingerprint density at radius 2 is 2.37 bits per heavy atom. The van der Waals surface area contributed by atoms with Gasteiger partial charge in [0.25, 0.3) is 0 Å². The normalized spacial score (nSPS) is 17.4. The number of amides is 1. The number of rotatable bonds is 5. The molecule has 2 rings (SSSR count). The molecule has 110 valence electrons. The maximum absolute atomic E-state index is 11.7. The van der Waals surface area contributed by atoms with Crippen LogP contribution in [0.2, 0.25) is 0 Å². The van der Waals surface area contributed by atoms with Gasteiger partial charge < -0.3 is 10.6 Å². The third kappa shape index (κ3) is 6.08. The molecule has 2 heterocycles. The summed E-state index contributed by atoms with van der Waals surface area (Å²) in [5.41, 5.74) is 2.84. The molecule has 1 aliphatic rings. The molecule has 1 atom stereocenters. The Balaban J connectivity index is 0.00000162. The smallest absolute Gasteiger partial charge is 0.220 e. The topological polar surface area (TPSA) is 54.0 Å². The van der Waals surface area contributed by atoms with Crippen LogP contribution in [0.15, 0.2) is 5.51 Å². The molecule has 0 aromatic carbocycles. The highest BCUT2D eigenvalue weighted by molar-refractivity contribution is 7.09. The highest BCUT2D eigenvalue weighted by atomic mass is 35.5. The van der Waals surface area contributed by atoms with Gasteiger partial charge in [0.15, 0.2) is 0 Å². The number of carbonyl (C=O) groups is 1. The molecule has 1 unspecified atom stereocenters. The van der Waals surface area contributed by atoms with Crippen LogP contribution < -0.4 is 10.6 Å². The largest absolute Gasteiger partial charge is 0.351 e. The van der Waals surface area contributed by atoms with E-state index >= 15 is 0 Å². The molecule has 0 saturated carbocycles. The summed E-state index contributed by atoms with van der Waals surface area (Å²) >= 11 is 1.60. The Bertz CT molecular complexity index is 381. The van der Waals surface area contributed by atoms with Crippen molar-refractivity contribution in [3.05, 3.63) is 16.1 Å². The van der Waals surface area contributed by atoms with Gasteiger partial charge in [0, 0.05) is 11.3 Å². The fraction of sp³-hybridized carbons (Fsp3) is 0.667. The number of aromatic nitrogens is 1. The summed E-state index contributed by atoms with van der Waals surface area (Å²) in [4.78, 5) is 17.0. The van der Waals surface area contributed by atoms with Gasteiger partial charge in [-0.25, -0.2) is 4.98 Å². The van der Waals surface area contributed by atoms with E-state index in [-0.39, 0.29) is 30.7 Å². The zero-order valence-corrected chi connectivity index (χ0v) is 13.4. The number of carbonyl (C=O) groups excluding carboxylic acids is 1. The SMILES string of the molecule is Cc1ncsc1CNC(=O)CCC1CCNC1.Cl.Cl. The first-order valence-corrected chi connectivity index (χ1v) is 7.00. The van der Waals surface area contributed by atoms with Crippen LogP contribution in [0.5, 0.6) is 0 Å². The molecule has 1 fully saturated rings. The monoisotopic (exact) mass is 325 g/mol. The van der Waals surface area contributed by atoms with Crippen molar-refractivity contribution >= 4 is 42.1 Å². The summed E-state index contributed by atoms with van der Waals surface area (Å²) in [5, 5.41) is 6.28. The summed E-state index contributed by atoms with van der Waals surface area (Å²) in [6.07, 6.45) is 2.85. The van der Waals surface area contributed by atoms with Gasteiger partial charge >= 0.3 is 0 Å². The number of aryl methyl sites for hydroxylation is 1. The molecular formula is C12H21Cl2N3OS. The summed E-state index contributed by atoms with van der Waals surface area (Å²) < 4.78 is 0. The van der Waals surface area contributed by atoms with E-state index in [2.05, 4.69) is 15.6 Å². The molecule has 0 bridgehead atoms. The first-order chi connectivity index (χ1) is 8.25. The maximum Gasteiger partial charge on any atom is 0.220 e. The van der Waals surface area contributed by atoms with Crippen molar-refractivity contribution in [2.75, 3.05) is 13.1 Å². The van der Waals surface area contributed by atoms with Crippen molar-refractivity contribution < 1.29 is 4.79 Å². The van der Waals surface area contributed by atoms with E-state index < -0.39 is 0 Å². The fourth-order valence-electron chi connectivity index (χ4n) is 2.06. The first kappa shape index (κ1) is 18.6. The molecule has 19 heavy (non-hydrogen) atoms. The van der Waals surface area contributed by atoms with E-state index in [9.17, 15) is 4.79 Å². The molecule has 1 saturated heterocycles. The van der Waals surface area contributed by atoms with E-state index in [1.54, 1.807) is 11.3 Å². The van der Waals surface area contributed by atoms with Crippen LogP contribution in [-0.4, -0.2) is 24.0 Å². The zero-order chi connectivity index (χ0) is 12.1. The summed E-state index contributed by atoms with van der Waals surface area (Å²) in [6.45, 7) is 4.77. The Morgan fingerprint density at radius 1 is 1.58 bits per heavy atom. The van der Waals surface area contributed by atoms with Crippen molar-refractivity contribution in [3.63, 3.8) is 0 Å². The van der Waals surface area contributed by atoms with Gasteiger partial charge in [-0.3, -0.25) is 4.79 Å². The number of nitrogens with zero attached hydrogens (tertiary/aromatic N) is 1. The fourth-order valence-corrected chi connectivity index (χ4v) is 2.78. The van der Waals surface area contributed by atoms with Crippen molar-refractivity contribution in [1.82, 2.24) is 15.6 Å². The van der Waals surface area contributed by atoms with E-state index in [1.807, 2.05) is 12.4 Å². The Hall–Kier alpha value is -0.360. The van der Waals surface area contributed by atoms with Crippen molar-refractivity contribution in [2.24, 2.45) is 5.92 Å². The second-order valence-electron chi connectivity index (χ2n) is 4.54. The molecule has 2 N–H and O–H groups in total. The zero-order valence-electron chi connectivity index (χ0n) is 11.0. The van der Waals surface area contributed by atoms with Crippen LogP contribution in [0.25, 0.3) is 0 Å². The Morgan fingerprint density at radius 3 is 2.95 bits per heavy atom. The minimum atomic E-state index is 0.